The normalized spacial score (nSPS) is 22.7. The van der Waals surface area contributed by atoms with Crippen LogP contribution in [0.1, 0.15) is 5.01 Å². The summed E-state index contributed by atoms with van der Waals surface area (Å²) in [5.74, 6) is -1.65. The summed E-state index contributed by atoms with van der Waals surface area (Å²) < 4.78 is 5.05. The van der Waals surface area contributed by atoms with Crippen molar-refractivity contribution >= 4 is 23.3 Å². The van der Waals surface area contributed by atoms with Crippen LogP contribution < -0.4 is 10.6 Å². The van der Waals surface area contributed by atoms with Gasteiger partial charge in [0.2, 0.25) is 0 Å². The minimum Gasteiger partial charge on any atom is -0.481 e. The molecule has 1 aromatic rings. The van der Waals surface area contributed by atoms with Crippen LogP contribution in [0.2, 0.25) is 0 Å². The van der Waals surface area contributed by atoms with Gasteiger partial charge in [-0.05, 0) is 0 Å². The Balaban J connectivity index is 1.78. The zero-order valence-electron chi connectivity index (χ0n) is 9.46. The molecule has 0 spiro atoms. The minimum atomic E-state index is -0.960. The second-order valence-electron chi connectivity index (χ2n) is 3.84. The number of aliphatic carboxylic acids is 1. The Hall–Kier alpha value is -1.67. The number of thiazole rings is 1. The molecule has 0 aromatic carbocycles. The van der Waals surface area contributed by atoms with Gasteiger partial charge in [-0.3, -0.25) is 4.79 Å². The van der Waals surface area contributed by atoms with Crippen LogP contribution in [0.5, 0.6) is 0 Å². The molecule has 2 atom stereocenters. The fourth-order valence-electron chi connectivity index (χ4n) is 1.66. The molecular formula is C10H13N3O4S. The molecule has 7 nitrogen and oxygen atoms in total. The fraction of sp³-hybridized carbons (Fsp3) is 0.500. The average molecular weight is 271 g/mol. The van der Waals surface area contributed by atoms with Crippen molar-refractivity contribution in [1.82, 2.24) is 15.6 Å². The summed E-state index contributed by atoms with van der Waals surface area (Å²) >= 11 is 1.44. The zero-order valence-corrected chi connectivity index (χ0v) is 10.3. The first-order valence-electron chi connectivity index (χ1n) is 5.40. The van der Waals surface area contributed by atoms with Gasteiger partial charge in [0.25, 0.3) is 0 Å². The van der Waals surface area contributed by atoms with Gasteiger partial charge in [-0.25, -0.2) is 9.78 Å². The van der Waals surface area contributed by atoms with Crippen LogP contribution in [0.15, 0.2) is 11.6 Å². The molecule has 2 heterocycles. The van der Waals surface area contributed by atoms with E-state index in [0.29, 0.717) is 6.54 Å². The van der Waals surface area contributed by atoms with Gasteiger partial charge in [0.05, 0.1) is 25.8 Å². The number of hydrogen-bond acceptors (Lipinski definition) is 5. The first-order valence-corrected chi connectivity index (χ1v) is 6.28. The van der Waals surface area contributed by atoms with Gasteiger partial charge < -0.3 is 20.5 Å². The first kappa shape index (κ1) is 12.8. The summed E-state index contributed by atoms with van der Waals surface area (Å²) in [5, 5.41) is 16.7. The van der Waals surface area contributed by atoms with E-state index in [2.05, 4.69) is 15.6 Å². The lowest BCUT2D eigenvalue weighted by atomic mass is 10.0. The summed E-state index contributed by atoms with van der Waals surface area (Å²) in [4.78, 5) is 26.5. The maximum Gasteiger partial charge on any atom is 0.315 e. The Morgan fingerprint density at radius 3 is 3.06 bits per heavy atom. The predicted molar refractivity (Wildman–Crippen MR) is 63.2 cm³/mol. The molecule has 0 bridgehead atoms. The molecule has 8 heteroatoms. The van der Waals surface area contributed by atoms with Crippen molar-refractivity contribution in [3.8, 4) is 0 Å². The van der Waals surface area contributed by atoms with E-state index in [0.717, 1.165) is 5.01 Å². The molecule has 1 fully saturated rings. The molecule has 2 unspecified atom stereocenters. The second-order valence-corrected chi connectivity index (χ2v) is 4.82. The highest BCUT2D eigenvalue weighted by Gasteiger charge is 2.34. The number of carboxylic acid groups (broad SMARTS) is 1. The summed E-state index contributed by atoms with van der Waals surface area (Å²) in [5.41, 5.74) is 0. The van der Waals surface area contributed by atoms with Gasteiger partial charge in [0.15, 0.2) is 0 Å². The van der Waals surface area contributed by atoms with Gasteiger partial charge >= 0.3 is 12.0 Å². The van der Waals surface area contributed by atoms with Gasteiger partial charge in [-0.2, -0.15) is 0 Å². The van der Waals surface area contributed by atoms with E-state index < -0.39 is 24.0 Å². The van der Waals surface area contributed by atoms with Crippen LogP contribution in [-0.4, -0.2) is 41.3 Å². The quantitative estimate of drug-likeness (QED) is 0.718. The number of carbonyl (C=O) groups excluding carboxylic acids is 1. The molecule has 1 saturated heterocycles. The summed E-state index contributed by atoms with van der Waals surface area (Å²) in [6, 6.07) is -0.897. The van der Waals surface area contributed by atoms with E-state index in [9.17, 15) is 9.59 Å². The monoisotopic (exact) mass is 271 g/mol. The number of carbonyl (C=O) groups is 2. The highest BCUT2D eigenvalue weighted by molar-refractivity contribution is 7.09. The van der Waals surface area contributed by atoms with E-state index in [1.807, 2.05) is 5.38 Å². The van der Waals surface area contributed by atoms with Crippen LogP contribution in [0.3, 0.4) is 0 Å². The van der Waals surface area contributed by atoms with Gasteiger partial charge in [-0.1, -0.05) is 0 Å². The number of amides is 2. The standard InChI is InChI=1S/C10H13N3O4S/c14-9(15)6-4-17-5-7(6)13-10(16)12-3-8-11-1-2-18-8/h1-2,6-7H,3-5H2,(H,14,15)(H2,12,13,16). The average Bonchev–Trinajstić information content (AvgIpc) is 2.96. The molecule has 1 aliphatic rings. The predicted octanol–water partition coefficient (Wildman–Crippen LogP) is 0.0419. The molecule has 1 aliphatic heterocycles. The zero-order chi connectivity index (χ0) is 13.0. The molecule has 0 saturated carbocycles. The number of hydrogen-bond donors (Lipinski definition) is 3. The first-order chi connectivity index (χ1) is 8.66. The van der Waals surface area contributed by atoms with E-state index in [-0.39, 0.29) is 13.2 Å². The van der Waals surface area contributed by atoms with Crippen molar-refractivity contribution in [2.45, 2.75) is 12.6 Å². The minimum absolute atomic E-state index is 0.132. The molecular weight excluding hydrogens is 258 g/mol. The number of ether oxygens (including phenoxy) is 1. The second kappa shape index (κ2) is 5.78. The Morgan fingerprint density at radius 1 is 1.56 bits per heavy atom. The highest BCUT2D eigenvalue weighted by Crippen LogP contribution is 2.13. The largest absolute Gasteiger partial charge is 0.481 e. The molecule has 1 aromatic heterocycles. The number of nitrogens with zero attached hydrogens (tertiary/aromatic N) is 1. The van der Waals surface area contributed by atoms with Crippen LogP contribution in [0, 0.1) is 5.92 Å². The van der Waals surface area contributed by atoms with E-state index in [1.165, 1.54) is 11.3 Å². The van der Waals surface area contributed by atoms with Crippen molar-refractivity contribution in [3.05, 3.63) is 16.6 Å². The topological polar surface area (TPSA) is 101 Å². The summed E-state index contributed by atoms with van der Waals surface area (Å²) in [6.45, 7) is 0.684. The maximum atomic E-state index is 11.6. The maximum absolute atomic E-state index is 11.6. The SMILES string of the molecule is O=C(NCc1nccs1)NC1COCC1C(=O)O. The van der Waals surface area contributed by atoms with Crippen molar-refractivity contribution in [1.29, 1.82) is 0 Å². The van der Waals surface area contributed by atoms with Gasteiger partial charge in [-0.15, -0.1) is 11.3 Å². The Morgan fingerprint density at radius 2 is 2.39 bits per heavy atom. The molecule has 2 rings (SSSR count). The number of urea groups is 1. The number of rotatable bonds is 4. The molecule has 0 aliphatic carbocycles. The highest BCUT2D eigenvalue weighted by atomic mass is 32.1. The fourth-order valence-corrected chi connectivity index (χ4v) is 2.21. The lowest BCUT2D eigenvalue weighted by Gasteiger charge is -2.15. The van der Waals surface area contributed by atoms with Crippen molar-refractivity contribution in [3.63, 3.8) is 0 Å². The van der Waals surface area contributed by atoms with E-state index in [4.69, 9.17) is 9.84 Å². The summed E-state index contributed by atoms with van der Waals surface area (Å²) in [6.07, 6.45) is 1.66. The Kier molecular flexibility index (Phi) is 4.11. The Bertz CT molecular complexity index is 423. The van der Waals surface area contributed by atoms with Gasteiger partial charge in [0, 0.05) is 11.6 Å². The van der Waals surface area contributed by atoms with E-state index in [1.54, 1.807) is 6.20 Å². The van der Waals surface area contributed by atoms with Crippen molar-refractivity contribution in [2.24, 2.45) is 5.92 Å². The third-order valence-electron chi connectivity index (χ3n) is 2.60. The van der Waals surface area contributed by atoms with Crippen molar-refractivity contribution in [2.75, 3.05) is 13.2 Å². The summed E-state index contributed by atoms with van der Waals surface area (Å²) in [7, 11) is 0. The number of aromatic nitrogens is 1. The van der Waals surface area contributed by atoms with Crippen molar-refractivity contribution < 1.29 is 19.4 Å². The lowest BCUT2D eigenvalue weighted by molar-refractivity contribution is -0.142. The molecule has 18 heavy (non-hydrogen) atoms. The molecule has 3 N–H and O–H groups in total. The molecule has 0 radical (unpaired) electrons. The molecule has 98 valence electrons. The van der Waals surface area contributed by atoms with Crippen LogP contribution in [-0.2, 0) is 16.1 Å². The number of carboxylic acids is 1. The van der Waals surface area contributed by atoms with Gasteiger partial charge in [0.1, 0.15) is 10.9 Å². The Labute approximate surface area is 107 Å². The lowest BCUT2D eigenvalue weighted by Crippen LogP contribution is -2.47. The smallest absolute Gasteiger partial charge is 0.315 e. The molecule has 2 amide bonds. The third kappa shape index (κ3) is 3.17. The van der Waals surface area contributed by atoms with E-state index >= 15 is 0 Å². The van der Waals surface area contributed by atoms with Crippen LogP contribution in [0.25, 0.3) is 0 Å². The third-order valence-corrected chi connectivity index (χ3v) is 3.38. The van der Waals surface area contributed by atoms with Crippen LogP contribution in [0.4, 0.5) is 4.79 Å². The number of nitrogens with one attached hydrogen (secondary N) is 2. The van der Waals surface area contributed by atoms with Crippen LogP contribution >= 0.6 is 11.3 Å².